The van der Waals surface area contributed by atoms with Crippen LogP contribution in [0.15, 0.2) is 18.5 Å². The summed E-state index contributed by atoms with van der Waals surface area (Å²) in [4.78, 5) is 4.45. The third kappa shape index (κ3) is 2.48. The predicted octanol–water partition coefficient (Wildman–Crippen LogP) is 1.12. The van der Waals surface area contributed by atoms with Crippen molar-refractivity contribution >= 4 is 5.65 Å². The molecule has 102 valence electrons. The molecule has 1 aliphatic heterocycles. The molecule has 0 aliphatic carbocycles. The molecule has 1 fully saturated rings. The largest absolute Gasteiger partial charge is 0.396 e. The Kier molecular flexibility index (Phi) is 3.75. The Morgan fingerprint density at radius 3 is 3.21 bits per heavy atom. The second-order valence-electron chi connectivity index (χ2n) is 5.15. The summed E-state index contributed by atoms with van der Waals surface area (Å²) >= 11 is 0. The van der Waals surface area contributed by atoms with E-state index in [2.05, 4.69) is 21.5 Å². The molecule has 1 aliphatic rings. The molecule has 2 aromatic heterocycles. The van der Waals surface area contributed by atoms with Gasteiger partial charge < -0.3 is 10.4 Å². The monoisotopic (exact) mass is 260 g/mol. The molecule has 1 atom stereocenters. The first kappa shape index (κ1) is 12.6. The number of aliphatic hydroxyl groups is 1. The summed E-state index contributed by atoms with van der Waals surface area (Å²) in [5.74, 6) is 0.518. The molecule has 19 heavy (non-hydrogen) atoms. The summed E-state index contributed by atoms with van der Waals surface area (Å²) < 4.78 is 1.98. The first-order valence-electron chi connectivity index (χ1n) is 7.03. The average Bonchev–Trinajstić information content (AvgIpc) is 2.89. The van der Waals surface area contributed by atoms with Crippen molar-refractivity contribution in [2.24, 2.45) is 0 Å². The van der Waals surface area contributed by atoms with Crippen molar-refractivity contribution in [1.29, 1.82) is 0 Å². The van der Waals surface area contributed by atoms with Crippen molar-refractivity contribution < 1.29 is 5.11 Å². The molecule has 5 nitrogen and oxygen atoms in total. The minimum Gasteiger partial charge on any atom is -0.396 e. The highest BCUT2D eigenvalue weighted by Crippen LogP contribution is 2.24. The molecule has 0 saturated carbocycles. The van der Waals surface area contributed by atoms with Gasteiger partial charge in [0.1, 0.15) is 0 Å². The van der Waals surface area contributed by atoms with Crippen LogP contribution in [-0.2, 0) is 6.42 Å². The molecule has 0 amide bonds. The molecule has 3 heterocycles. The summed E-state index contributed by atoms with van der Waals surface area (Å²) in [6.07, 6.45) is 7.78. The van der Waals surface area contributed by atoms with Crippen molar-refractivity contribution in [3.05, 3.63) is 29.7 Å². The Bertz CT molecular complexity index is 545. The van der Waals surface area contributed by atoms with Gasteiger partial charge in [-0.05, 0) is 38.3 Å². The van der Waals surface area contributed by atoms with E-state index in [1.807, 2.05) is 16.9 Å². The maximum absolute atomic E-state index is 8.94. The molecule has 1 unspecified atom stereocenters. The lowest BCUT2D eigenvalue weighted by atomic mass is 9.96. The molecule has 2 N–H and O–H groups in total. The van der Waals surface area contributed by atoms with Gasteiger partial charge in [-0.15, -0.1) is 0 Å². The number of hydrogen-bond acceptors (Lipinski definition) is 4. The van der Waals surface area contributed by atoms with Crippen LogP contribution >= 0.6 is 0 Å². The second-order valence-corrected chi connectivity index (χ2v) is 5.15. The van der Waals surface area contributed by atoms with Crippen molar-refractivity contribution in [3.63, 3.8) is 0 Å². The Balaban J connectivity index is 1.94. The van der Waals surface area contributed by atoms with E-state index < -0.39 is 0 Å². The third-order valence-corrected chi connectivity index (χ3v) is 3.82. The summed E-state index contributed by atoms with van der Waals surface area (Å²) in [5.41, 5.74) is 3.31. The third-order valence-electron chi connectivity index (χ3n) is 3.82. The normalized spacial score (nSPS) is 19.9. The van der Waals surface area contributed by atoms with Gasteiger partial charge in [-0.2, -0.15) is 5.10 Å². The summed E-state index contributed by atoms with van der Waals surface area (Å²) in [5, 5.41) is 16.9. The molecular formula is C14H20N4O. The zero-order chi connectivity index (χ0) is 13.1. The number of nitrogens with zero attached hydrogens (tertiary/aromatic N) is 3. The molecule has 0 spiro atoms. The van der Waals surface area contributed by atoms with Gasteiger partial charge in [0.05, 0.1) is 11.9 Å². The Hall–Kier alpha value is -1.46. The minimum absolute atomic E-state index is 0.212. The van der Waals surface area contributed by atoms with E-state index in [9.17, 15) is 0 Å². The predicted molar refractivity (Wildman–Crippen MR) is 73.2 cm³/mol. The maximum Gasteiger partial charge on any atom is 0.158 e. The molecule has 2 aromatic rings. The van der Waals surface area contributed by atoms with E-state index in [1.165, 1.54) is 18.5 Å². The van der Waals surface area contributed by atoms with Gasteiger partial charge >= 0.3 is 0 Å². The topological polar surface area (TPSA) is 62.5 Å². The second kappa shape index (κ2) is 5.67. The molecule has 1 saturated heterocycles. The molecule has 0 radical (unpaired) electrons. The zero-order valence-corrected chi connectivity index (χ0v) is 11.0. The van der Waals surface area contributed by atoms with E-state index in [4.69, 9.17) is 5.11 Å². The quantitative estimate of drug-likeness (QED) is 0.865. The van der Waals surface area contributed by atoms with Crippen LogP contribution in [0, 0.1) is 0 Å². The molecule has 0 bridgehead atoms. The lowest BCUT2D eigenvalue weighted by molar-refractivity contribution is 0.288. The lowest BCUT2D eigenvalue weighted by Crippen LogP contribution is -2.29. The minimum atomic E-state index is 0.212. The van der Waals surface area contributed by atoms with Gasteiger partial charge in [0.25, 0.3) is 0 Å². The van der Waals surface area contributed by atoms with E-state index in [0.29, 0.717) is 5.92 Å². The van der Waals surface area contributed by atoms with E-state index >= 15 is 0 Å². The standard InChI is InChI=1S/C14H20N4O/c19-8-2-4-12-10-17-18-13(5-7-16-14(12)18)11-3-1-6-15-9-11/h5,7,10-11,15,19H,1-4,6,8-9H2. The van der Waals surface area contributed by atoms with Crippen molar-refractivity contribution in [2.45, 2.75) is 31.6 Å². The van der Waals surface area contributed by atoms with Gasteiger partial charge in [-0.25, -0.2) is 9.50 Å². The first-order chi connectivity index (χ1) is 9.40. The van der Waals surface area contributed by atoms with E-state index in [0.717, 1.165) is 37.1 Å². The number of hydrogen-bond donors (Lipinski definition) is 2. The number of aryl methyl sites for hydroxylation is 1. The summed E-state index contributed by atoms with van der Waals surface area (Å²) in [6.45, 7) is 2.35. The fourth-order valence-corrected chi connectivity index (χ4v) is 2.82. The fourth-order valence-electron chi connectivity index (χ4n) is 2.82. The lowest BCUT2D eigenvalue weighted by Gasteiger charge is -2.23. The smallest absolute Gasteiger partial charge is 0.158 e. The summed E-state index contributed by atoms with van der Waals surface area (Å²) in [7, 11) is 0. The highest BCUT2D eigenvalue weighted by Gasteiger charge is 2.19. The SMILES string of the molecule is OCCCc1cnn2c(C3CCCNC3)ccnc12. The highest BCUT2D eigenvalue weighted by molar-refractivity contribution is 5.47. The number of nitrogens with one attached hydrogen (secondary N) is 1. The molecular weight excluding hydrogens is 240 g/mol. The number of fused-ring (bicyclic) bond motifs is 1. The van der Waals surface area contributed by atoms with Gasteiger partial charge in [-0.1, -0.05) is 0 Å². The average molecular weight is 260 g/mol. The Morgan fingerprint density at radius 1 is 1.47 bits per heavy atom. The van der Waals surface area contributed by atoms with Crippen LogP contribution in [0.3, 0.4) is 0 Å². The Morgan fingerprint density at radius 2 is 2.42 bits per heavy atom. The number of aromatic nitrogens is 3. The number of piperidine rings is 1. The van der Waals surface area contributed by atoms with Crippen LogP contribution in [0.2, 0.25) is 0 Å². The van der Waals surface area contributed by atoms with Crippen LogP contribution in [0.25, 0.3) is 5.65 Å². The van der Waals surface area contributed by atoms with Crippen molar-refractivity contribution in [1.82, 2.24) is 19.9 Å². The maximum atomic E-state index is 8.94. The van der Waals surface area contributed by atoms with E-state index in [1.54, 1.807) is 0 Å². The van der Waals surface area contributed by atoms with Crippen LogP contribution in [0.4, 0.5) is 0 Å². The van der Waals surface area contributed by atoms with Gasteiger partial charge in [0.2, 0.25) is 0 Å². The molecule has 3 rings (SSSR count). The molecule has 5 heteroatoms. The van der Waals surface area contributed by atoms with E-state index in [-0.39, 0.29) is 6.61 Å². The van der Waals surface area contributed by atoms with Gasteiger partial charge in [0.15, 0.2) is 5.65 Å². The van der Waals surface area contributed by atoms with Crippen LogP contribution in [0.5, 0.6) is 0 Å². The van der Waals surface area contributed by atoms with Gasteiger partial charge in [-0.3, -0.25) is 0 Å². The number of aliphatic hydroxyl groups excluding tert-OH is 1. The first-order valence-corrected chi connectivity index (χ1v) is 7.03. The van der Waals surface area contributed by atoms with Crippen molar-refractivity contribution in [3.8, 4) is 0 Å². The van der Waals surface area contributed by atoms with Crippen LogP contribution in [-0.4, -0.2) is 39.4 Å². The zero-order valence-electron chi connectivity index (χ0n) is 11.0. The number of rotatable bonds is 4. The highest BCUT2D eigenvalue weighted by atomic mass is 16.2. The van der Waals surface area contributed by atoms with Crippen LogP contribution < -0.4 is 5.32 Å². The van der Waals surface area contributed by atoms with Crippen molar-refractivity contribution in [2.75, 3.05) is 19.7 Å². The fraction of sp³-hybridized carbons (Fsp3) is 0.571. The Labute approximate surface area is 112 Å². The van der Waals surface area contributed by atoms with Gasteiger partial charge in [0, 0.05) is 30.8 Å². The summed E-state index contributed by atoms with van der Waals surface area (Å²) in [6, 6.07) is 2.08. The molecule has 0 aromatic carbocycles. The van der Waals surface area contributed by atoms with Crippen LogP contribution in [0.1, 0.15) is 36.4 Å².